The minimum absolute atomic E-state index is 0.161. The summed E-state index contributed by atoms with van der Waals surface area (Å²) < 4.78 is 0. The number of nitrogens with zero attached hydrogens (tertiary/aromatic N) is 2. The minimum atomic E-state index is -0.666. The molecular weight excluding hydrogens is 845 g/mol. The Morgan fingerprint density at radius 3 is 1.11 bits per heavy atom. The Morgan fingerprint density at radius 1 is 0.300 bits per heavy atom. The third-order valence-electron chi connectivity index (χ3n) is 15.6. The van der Waals surface area contributed by atoms with Crippen molar-refractivity contribution in [3.05, 3.63) is 273 Å². The molecule has 0 fully saturated rings. The number of benzene rings is 10. The molecule has 340 valence electrons. The Hall–Kier alpha value is -7.94. The van der Waals surface area contributed by atoms with Crippen molar-refractivity contribution in [2.75, 3.05) is 9.80 Å². The first-order chi connectivity index (χ1) is 33.9. The maximum absolute atomic E-state index is 2.59. The molecule has 0 saturated carbocycles. The maximum atomic E-state index is 2.59. The second-order valence-corrected chi connectivity index (χ2v) is 20.6. The van der Waals surface area contributed by atoms with Gasteiger partial charge in [-0.3, -0.25) is 0 Å². The van der Waals surface area contributed by atoms with Crippen molar-refractivity contribution in [1.29, 1.82) is 0 Å². The fraction of sp³-hybridized carbons (Fsp3) is 0.147. The summed E-state index contributed by atoms with van der Waals surface area (Å²) >= 11 is 0. The number of aryl methyl sites for hydroxylation is 6. The van der Waals surface area contributed by atoms with Crippen LogP contribution in [-0.4, -0.2) is 0 Å². The lowest BCUT2D eigenvalue weighted by molar-refractivity contribution is 0.659. The van der Waals surface area contributed by atoms with Crippen LogP contribution >= 0.6 is 0 Å². The molecule has 2 nitrogen and oxygen atoms in total. The van der Waals surface area contributed by atoms with Crippen molar-refractivity contribution >= 4 is 44.9 Å². The summed E-state index contributed by atoms with van der Waals surface area (Å²) in [6.45, 7) is 18.0. The van der Waals surface area contributed by atoms with Gasteiger partial charge in [0.2, 0.25) is 0 Å². The van der Waals surface area contributed by atoms with Crippen LogP contribution < -0.4 is 9.80 Å². The van der Waals surface area contributed by atoms with E-state index in [-0.39, 0.29) is 5.41 Å². The first-order valence-electron chi connectivity index (χ1n) is 24.8. The average molecular weight is 903 g/mol. The molecule has 70 heavy (non-hydrogen) atoms. The summed E-state index contributed by atoms with van der Waals surface area (Å²) in [5.74, 6) is 0. The summed E-state index contributed by atoms with van der Waals surface area (Å²) in [5.41, 5.74) is 26.7. The third kappa shape index (κ3) is 6.76. The standard InChI is InChI=1S/C68H58N2/c1-43-13-26-51(27-14-43)69(52-28-15-44(2)16-29-52)55-34-22-49(23-35-55)68(50-24-36-56(37-25-50)70(53-30-17-45(3)18-31-53)54-32-19-46(4)20-33-54)64-41-60-58-38-21-47(5)39-62(58)67(7,8)63(60)42-61(64)66-59-12-10-9-11-57(59)48(6)40-65(66)68/h9-42H,1-8H3. The summed E-state index contributed by atoms with van der Waals surface area (Å²) in [6, 6.07) is 78.5. The van der Waals surface area contributed by atoms with E-state index in [2.05, 4.69) is 271 Å². The Bertz CT molecular complexity index is 3400. The van der Waals surface area contributed by atoms with Crippen LogP contribution in [0.15, 0.2) is 206 Å². The largest absolute Gasteiger partial charge is 0.311 e. The van der Waals surface area contributed by atoms with Gasteiger partial charge in [0, 0.05) is 39.5 Å². The number of fused-ring (bicyclic) bond motifs is 8. The van der Waals surface area contributed by atoms with Gasteiger partial charge in [0.15, 0.2) is 0 Å². The summed E-state index contributed by atoms with van der Waals surface area (Å²) in [6.07, 6.45) is 0. The van der Waals surface area contributed by atoms with Crippen LogP contribution in [0.3, 0.4) is 0 Å². The average Bonchev–Trinajstić information content (AvgIpc) is 3.78. The summed E-state index contributed by atoms with van der Waals surface area (Å²) in [4.78, 5) is 4.77. The van der Waals surface area contributed by atoms with E-state index in [1.54, 1.807) is 0 Å². The van der Waals surface area contributed by atoms with Crippen molar-refractivity contribution < 1.29 is 0 Å². The molecule has 2 heteroatoms. The minimum Gasteiger partial charge on any atom is -0.311 e. The molecule has 0 unspecified atom stereocenters. The van der Waals surface area contributed by atoms with E-state index in [0.717, 1.165) is 34.1 Å². The van der Waals surface area contributed by atoms with Gasteiger partial charge in [-0.05, 0) is 198 Å². The molecule has 0 heterocycles. The van der Waals surface area contributed by atoms with Gasteiger partial charge in [-0.25, -0.2) is 0 Å². The van der Waals surface area contributed by atoms with E-state index < -0.39 is 5.41 Å². The van der Waals surface area contributed by atoms with Crippen molar-refractivity contribution in [2.24, 2.45) is 0 Å². The monoisotopic (exact) mass is 902 g/mol. The van der Waals surface area contributed by atoms with Crippen molar-refractivity contribution in [3.63, 3.8) is 0 Å². The van der Waals surface area contributed by atoms with E-state index in [9.17, 15) is 0 Å². The van der Waals surface area contributed by atoms with Gasteiger partial charge in [0.25, 0.3) is 0 Å². The fourth-order valence-corrected chi connectivity index (χ4v) is 11.9. The molecule has 0 radical (unpaired) electrons. The lowest BCUT2D eigenvalue weighted by Gasteiger charge is -2.36. The molecular formula is C68H58N2. The normalized spacial score (nSPS) is 13.7. The van der Waals surface area contributed by atoms with Crippen LogP contribution in [0.2, 0.25) is 0 Å². The quantitative estimate of drug-likeness (QED) is 0.150. The first-order valence-corrected chi connectivity index (χ1v) is 24.8. The van der Waals surface area contributed by atoms with E-state index >= 15 is 0 Å². The second kappa shape index (κ2) is 16.4. The molecule has 0 saturated heterocycles. The lowest BCUT2D eigenvalue weighted by Crippen LogP contribution is -2.29. The van der Waals surface area contributed by atoms with Crippen LogP contribution in [0.25, 0.3) is 33.0 Å². The fourth-order valence-electron chi connectivity index (χ4n) is 11.9. The third-order valence-corrected chi connectivity index (χ3v) is 15.6. The zero-order chi connectivity index (χ0) is 48.1. The number of rotatable bonds is 8. The SMILES string of the molecule is Cc1ccc(N(c2ccc(C)cc2)c2ccc(C3(c4ccc(N(c5ccc(C)cc5)c5ccc(C)cc5)cc4)c4cc5c(cc4-c4c3cc(C)c3ccccc43)C(C)(C)c3cc(C)ccc3-5)cc2)cc1. The maximum Gasteiger partial charge on any atom is 0.0714 e. The molecule has 0 bridgehead atoms. The van der Waals surface area contributed by atoms with Crippen LogP contribution in [-0.2, 0) is 10.8 Å². The lowest BCUT2D eigenvalue weighted by atomic mass is 9.66. The smallest absolute Gasteiger partial charge is 0.0714 e. The predicted molar refractivity (Wildman–Crippen MR) is 297 cm³/mol. The van der Waals surface area contributed by atoms with Crippen LogP contribution in [0, 0.1) is 41.5 Å². The van der Waals surface area contributed by atoms with Crippen molar-refractivity contribution in [1.82, 2.24) is 0 Å². The van der Waals surface area contributed by atoms with Gasteiger partial charge in [-0.15, -0.1) is 0 Å². The Kier molecular flexibility index (Phi) is 10.1. The van der Waals surface area contributed by atoms with Crippen LogP contribution in [0.5, 0.6) is 0 Å². The molecule has 2 aliphatic rings. The van der Waals surface area contributed by atoms with E-state index in [4.69, 9.17) is 0 Å². The van der Waals surface area contributed by atoms with Gasteiger partial charge in [-0.2, -0.15) is 0 Å². The van der Waals surface area contributed by atoms with Crippen LogP contribution in [0.4, 0.5) is 34.1 Å². The van der Waals surface area contributed by atoms with Gasteiger partial charge < -0.3 is 9.80 Å². The highest BCUT2D eigenvalue weighted by atomic mass is 15.1. The van der Waals surface area contributed by atoms with Gasteiger partial charge in [0.05, 0.1) is 5.41 Å². The highest BCUT2D eigenvalue weighted by Gasteiger charge is 2.49. The second-order valence-electron chi connectivity index (χ2n) is 20.6. The number of hydrogen-bond donors (Lipinski definition) is 0. The summed E-state index contributed by atoms with van der Waals surface area (Å²) in [7, 11) is 0. The molecule has 0 aliphatic heterocycles. The number of anilines is 6. The highest BCUT2D eigenvalue weighted by molar-refractivity contribution is 6.06. The van der Waals surface area contributed by atoms with E-state index in [1.165, 1.54) is 99.8 Å². The predicted octanol–water partition coefficient (Wildman–Crippen LogP) is 18.3. The van der Waals surface area contributed by atoms with E-state index in [0.29, 0.717) is 0 Å². The molecule has 12 rings (SSSR count). The summed E-state index contributed by atoms with van der Waals surface area (Å²) in [5, 5.41) is 2.60. The molecule has 2 aliphatic carbocycles. The van der Waals surface area contributed by atoms with Gasteiger partial charge in [-0.1, -0.05) is 163 Å². The van der Waals surface area contributed by atoms with Gasteiger partial charge in [0.1, 0.15) is 0 Å². The number of hydrogen-bond acceptors (Lipinski definition) is 2. The molecule has 0 aromatic heterocycles. The van der Waals surface area contributed by atoms with Crippen molar-refractivity contribution in [2.45, 2.75) is 66.2 Å². The van der Waals surface area contributed by atoms with E-state index in [1.807, 2.05) is 0 Å². The Morgan fingerprint density at radius 2 is 0.671 bits per heavy atom. The van der Waals surface area contributed by atoms with Crippen molar-refractivity contribution in [3.8, 4) is 22.3 Å². The first kappa shape index (κ1) is 43.3. The zero-order valence-corrected chi connectivity index (χ0v) is 41.5. The Balaban J connectivity index is 1.14. The zero-order valence-electron chi connectivity index (χ0n) is 41.5. The molecule has 0 atom stereocenters. The molecule has 0 amide bonds. The molecule has 10 aromatic carbocycles. The highest BCUT2D eigenvalue weighted by Crippen LogP contribution is 2.62. The molecule has 0 N–H and O–H groups in total. The topological polar surface area (TPSA) is 6.48 Å². The molecule has 0 spiro atoms. The molecule has 10 aromatic rings. The van der Waals surface area contributed by atoms with Gasteiger partial charge >= 0.3 is 0 Å². The Labute approximate surface area is 414 Å². The van der Waals surface area contributed by atoms with Crippen LogP contribution in [0.1, 0.15) is 80.6 Å².